The van der Waals surface area contributed by atoms with Crippen LogP contribution < -0.4 is 0 Å². The first-order chi connectivity index (χ1) is 12.7. The van der Waals surface area contributed by atoms with Crippen LogP contribution in [-0.2, 0) is 4.79 Å². The lowest BCUT2D eigenvalue weighted by Gasteiger charge is -2.32. The topological polar surface area (TPSA) is 35.9 Å². The van der Waals surface area contributed by atoms with Crippen molar-refractivity contribution in [2.24, 2.45) is 5.10 Å². The summed E-state index contributed by atoms with van der Waals surface area (Å²) < 4.78 is 0. The normalized spacial score (nSPS) is 21.4. The highest BCUT2D eigenvalue weighted by Gasteiger charge is 2.35. The Labute approximate surface area is 163 Å². The van der Waals surface area contributed by atoms with Gasteiger partial charge in [-0.3, -0.25) is 9.69 Å². The molecule has 0 saturated heterocycles. The van der Waals surface area contributed by atoms with E-state index in [1.54, 1.807) is 27.7 Å². The number of rotatable bonds is 5. The van der Waals surface area contributed by atoms with E-state index in [0.29, 0.717) is 12.6 Å². The predicted octanol–water partition coefficient (Wildman–Crippen LogP) is 4.75. The molecule has 26 heavy (non-hydrogen) atoms. The first-order valence-electron chi connectivity index (χ1n) is 9.39. The van der Waals surface area contributed by atoms with Gasteiger partial charge in [-0.15, -0.1) is 22.7 Å². The second-order valence-corrected chi connectivity index (χ2v) is 9.13. The fraction of sp³-hybridized carbons (Fsp3) is 0.500. The third kappa shape index (κ3) is 3.77. The molecule has 1 fully saturated rings. The Balaban J connectivity index is 1.51. The van der Waals surface area contributed by atoms with Crippen LogP contribution in [-0.4, -0.2) is 41.2 Å². The van der Waals surface area contributed by atoms with Crippen molar-refractivity contribution in [3.05, 3.63) is 44.8 Å². The van der Waals surface area contributed by atoms with Crippen LogP contribution in [0.1, 0.15) is 54.3 Å². The molecule has 4 nitrogen and oxygen atoms in total. The molecule has 1 amide bonds. The lowest BCUT2D eigenvalue weighted by atomic mass is 9.94. The fourth-order valence-corrected chi connectivity index (χ4v) is 5.50. The van der Waals surface area contributed by atoms with E-state index in [0.717, 1.165) is 12.1 Å². The minimum absolute atomic E-state index is 0.0411. The van der Waals surface area contributed by atoms with Gasteiger partial charge in [0.25, 0.3) is 5.91 Å². The Morgan fingerprint density at radius 2 is 1.96 bits per heavy atom. The van der Waals surface area contributed by atoms with Gasteiger partial charge in [0, 0.05) is 17.3 Å². The van der Waals surface area contributed by atoms with Crippen LogP contribution in [0, 0.1) is 0 Å². The highest BCUT2D eigenvalue weighted by atomic mass is 32.1. The van der Waals surface area contributed by atoms with Crippen molar-refractivity contribution >= 4 is 34.3 Å². The Morgan fingerprint density at radius 1 is 1.19 bits per heavy atom. The summed E-state index contributed by atoms with van der Waals surface area (Å²) in [5.41, 5.74) is 1.03. The first-order valence-corrected chi connectivity index (χ1v) is 11.2. The van der Waals surface area contributed by atoms with Crippen molar-refractivity contribution in [1.82, 2.24) is 9.91 Å². The van der Waals surface area contributed by atoms with Crippen molar-refractivity contribution < 1.29 is 4.79 Å². The van der Waals surface area contributed by atoms with Gasteiger partial charge < -0.3 is 0 Å². The van der Waals surface area contributed by atoms with Gasteiger partial charge in [0.1, 0.15) is 0 Å². The average molecular weight is 388 g/mol. The summed E-state index contributed by atoms with van der Waals surface area (Å²) in [7, 11) is 2.09. The number of carbonyl (C=O) groups excluding carboxylic acids is 1. The third-order valence-electron chi connectivity index (χ3n) is 5.43. The molecule has 1 aliphatic carbocycles. The lowest BCUT2D eigenvalue weighted by Crippen LogP contribution is -2.41. The van der Waals surface area contributed by atoms with Crippen LogP contribution >= 0.6 is 22.7 Å². The molecule has 138 valence electrons. The molecule has 3 heterocycles. The van der Waals surface area contributed by atoms with Gasteiger partial charge in [-0.2, -0.15) is 5.10 Å². The molecule has 0 spiro atoms. The summed E-state index contributed by atoms with van der Waals surface area (Å²) in [4.78, 5) is 17.7. The highest BCUT2D eigenvalue weighted by Crippen LogP contribution is 2.36. The largest absolute Gasteiger partial charge is 0.295 e. The number of hydrazone groups is 1. The molecule has 0 bridgehead atoms. The van der Waals surface area contributed by atoms with Gasteiger partial charge >= 0.3 is 0 Å². The number of hydrogen-bond acceptors (Lipinski definition) is 5. The second-order valence-electron chi connectivity index (χ2n) is 7.20. The van der Waals surface area contributed by atoms with E-state index in [9.17, 15) is 4.79 Å². The molecule has 2 aromatic heterocycles. The van der Waals surface area contributed by atoms with E-state index in [1.807, 2.05) is 6.07 Å². The molecule has 1 saturated carbocycles. The van der Waals surface area contributed by atoms with Gasteiger partial charge in [-0.25, -0.2) is 5.01 Å². The van der Waals surface area contributed by atoms with E-state index in [2.05, 4.69) is 40.9 Å². The number of amides is 1. The average Bonchev–Trinajstić information content (AvgIpc) is 3.42. The maximum absolute atomic E-state index is 13.1. The van der Waals surface area contributed by atoms with Crippen molar-refractivity contribution in [1.29, 1.82) is 0 Å². The van der Waals surface area contributed by atoms with Crippen LogP contribution in [0.2, 0.25) is 0 Å². The molecule has 2 aliphatic rings. The Kier molecular flexibility index (Phi) is 5.52. The summed E-state index contributed by atoms with van der Waals surface area (Å²) in [5, 5.41) is 10.7. The molecule has 1 atom stereocenters. The van der Waals surface area contributed by atoms with Crippen LogP contribution in [0.15, 0.2) is 40.1 Å². The van der Waals surface area contributed by atoms with Crippen LogP contribution in [0.4, 0.5) is 0 Å². The molecular weight excluding hydrogens is 362 g/mol. The minimum Gasteiger partial charge on any atom is -0.295 e. The molecule has 6 heteroatoms. The van der Waals surface area contributed by atoms with E-state index in [1.165, 1.54) is 41.9 Å². The summed E-state index contributed by atoms with van der Waals surface area (Å²) in [5.74, 6) is 0.114. The third-order valence-corrected chi connectivity index (χ3v) is 7.32. The quantitative estimate of drug-likeness (QED) is 0.742. The van der Waals surface area contributed by atoms with Crippen molar-refractivity contribution in [3.8, 4) is 0 Å². The van der Waals surface area contributed by atoms with Crippen molar-refractivity contribution in [3.63, 3.8) is 0 Å². The predicted molar refractivity (Wildman–Crippen MR) is 109 cm³/mol. The lowest BCUT2D eigenvalue weighted by molar-refractivity contribution is -0.134. The van der Waals surface area contributed by atoms with Crippen LogP contribution in [0.25, 0.3) is 0 Å². The van der Waals surface area contributed by atoms with Crippen LogP contribution in [0.3, 0.4) is 0 Å². The Hall–Kier alpha value is -1.50. The SMILES string of the molecule is CN(CC(=O)N1N=C(c2cccs2)C[C@@H]1c1cccs1)C1CCCCC1. The first kappa shape index (κ1) is 17.9. The van der Waals surface area contributed by atoms with Gasteiger partial charge in [0.15, 0.2) is 0 Å². The van der Waals surface area contributed by atoms with Crippen LogP contribution in [0.5, 0.6) is 0 Å². The number of hydrogen-bond donors (Lipinski definition) is 0. The number of nitrogens with zero attached hydrogens (tertiary/aromatic N) is 3. The molecule has 4 rings (SSSR count). The Bertz CT molecular complexity index is 748. The van der Waals surface area contributed by atoms with Gasteiger partial charge in [-0.05, 0) is 42.8 Å². The minimum atomic E-state index is 0.0411. The summed E-state index contributed by atoms with van der Waals surface area (Å²) in [6, 6.07) is 8.89. The standard InChI is InChI=1S/C20H25N3OS2/c1-22(15-7-3-2-4-8-15)14-20(24)23-17(19-10-6-12-26-19)13-16(21-23)18-9-5-11-25-18/h5-6,9-12,15,17H,2-4,7-8,13-14H2,1H3/t17-/m1/s1. The zero-order valence-corrected chi connectivity index (χ0v) is 16.8. The smallest absolute Gasteiger partial charge is 0.257 e. The van der Waals surface area contributed by atoms with Gasteiger partial charge in [0.2, 0.25) is 0 Å². The fourth-order valence-electron chi connectivity index (χ4n) is 3.97. The van der Waals surface area contributed by atoms with E-state index in [4.69, 9.17) is 5.10 Å². The zero-order chi connectivity index (χ0) is 17.9. The van der Waals surface area contributed by atoms with Crippen molar-refractivity contribution in [2.45, 2.75) is 50.6 Å². The molecule has 2 aromatic rings. The van der Waals surface area contributed by atoms with E-state index in [-0.39, 0.29) is 11.9 Å². The molecule has 0 unspecified atom stereocenters. The maximum Gasteiger partial charge on any atom is 0.257 e. The molecule has 0 N–H and O–H groups in total. The molecular formula is C20H25N3OS2. The number of thiophene rings is 2. The monoisotopic (exact) mass is 387 g/mol. The van der Waals surface area contributed by atoms with E-state index >= 15 is 0 Å². The highest BCUT2D eigenvalue weighted by molar-refractivity contribution is 7.12. The zero-order valence-electron chi connectivity index (χ0n) is 15.1. The molecule has 0 aromatic carbocycles. The van der Waals surface area contributed by atoms with Gasteiger partial charge in [-0.1, -0.05) is 31.4 Å². The second kappa shape index (κ2) is 8.03. The van der Waals surface area contributed by atoms with Gasteiger partial charge in [0.05, 0.1) is 23.2 Å². The Morgan fingerprint density at radius 3 is 2.65 bits per heavy atom. The summed E-state index contributed by atoms with van der Waals surface area (Å²) in [6.45, 7) is 0.452. The summed E-state index contributed by atoms with van der Waals surface area (Å²) in [6.07, 6.45) is 7.12. The number of likely N-dealkylation sites (N-methyl/N-ethyl adjacent to an activating group) is 1. The summed E-state index contributed by atoms with van der Waals surface area (Å²) >= 11 is 3.40. The maximum atomic E-state index is 13.1. The molecule has 1 aliphatic heterocycles. The van der Waals surface area contributed by atoms with E-state index < -0.39 is 0 Å². The van der Waals surface area contributed by atoms with Crippen molar-refractivity contribution in [2.75, 3.05) is 13.6 Å². The molecule has 0 radical (unpaired) electrons. The number of carbonyl (C=O) groups is 1.